The molecule has 0 saturated heterocycles. The van der Waals surface area contributed by atoms with Crippen molar-refractivity contribution in [3.8, 4) is 11.5 Å². The molecule has 0 aliphatic rings. The van der Waals surface area contributed by atoms with E-state index in [2.05, 4.69) is 5.32 Å². The molecule has 18 heavy (non-hydrogen) atoms. The standard InChI is InChI=1S/C13H20ClNO3/c1-16-6-4-5-15-9-10-7-11(14)13(18-3)12(8-10)17-2/h7-8,15H,4-6,9H2,1-3H3. The number of rotatable bonds is 8. The molecular weight excluding hydrogens is 254 g/mol. The summed E-state index contributed by atoms with van der Waals surface area (Å²) in [6, 6.07) is 3.81. The first-order valence-corrected chi connectivity index (χ1v) is 6.20. The predicted molar refractivity (Wildman–Crippen MR) is 72.8 cm³/mol. The molecule has 0 aliphatic heterocycles. The highest BCUT2D eigenvalue weighted by Gasteiger charge is 2.10. The SMILES string of the molecule is COCCCNCc1cc(Cl)c(OC)c(OC)c1. The maximum Gasteiger partial charge on any atom is 0.179 e. The summed E-state index contributed by atoms with van der Waals surface area (Å²) in [6.07, 6.45) is 0.984. The van der Waals surface area contributed by atoms with Gasteiger partial charge in [-0.2, -0.15) is 0 Å². The molecule has 0 spiro atoms. The third-order valence-corrected chi connectivity index (χ3v) is 2.81. The van der Waals surface area contributed by atoms with Crippen LogP contribution in [0.3, 0.4) is 0 Å². The van der Waals surface area contributed by atoms with Gasteiger partial charge in [0.15, 0.2) is 11.5 Å². The highest BCUT2D eigenvalue weighted by Crippen LogP contribution is 2.35. The minimum absolute atomic E-state index is 0.561. The second kappa shape index (κ2) is 8.19. The van der Waals surface area contributed by atoms with Crippen molar-refractivity contribution in [1.82, 2.24) is 5.32 Å². The van der Waals surface area contributed by atoms with E-state index in [1.165, 1.54) is 0 Å². The lowest BCUT2D eigenvalue weighted by atomic mass is 10.2. The van der Waals surface area contributed by atoms with Crippen LogP contribution in [0.25, 0.3) is 0 Å². The Balaban J connectivity index is 2.58. The Morgan fingerprint density at radius 3 is 2.56 bits per heavy atom. The highest BCUT2D eigenvalue weighted by molar-refractivity contribution is 6.32. The van der Waals surface area contributed by atoms with E-state index in [1.54, 1.807) is 21.3 Å². The van der Waals surface area contributed by atoms with Crippen LogP contribution in [0.2, 0.25) is 5.02 Å². The third kappa shape index (κ3) is 4.37. The van der Waals surface area contributed by atoms with E-state index in [9.17, 15) is 0 Å². The Kier molecular flexibility index (Phi) is 6.86. The van der Waals surface area contributed by atoms with Gasteiger partial charge in [0.25, 0.3) is 0 Å². The molecule has 4 nitrogen and oxygen atoms in total. The van der Waals surface area contributed by atoms with Gasteiger partial charge in [0, 0.05) is 20.3 Å². The van der Waals surface area contributed by atoms with Crippen LogP contribution in [0.1, 0.15) is 12.0 Å². The first-order chi connectivity index (χ1) is 8.72. The summed E-state index contributed by atoms with van der Waals surface area (Å²) in [5.41, 5.74) is 1.06. The van der Waals surface area contributed by atoms with Gasteiger partial charge in [-0.25, -0.2) is 0 Å². The molecule has 1 N–H and O–H groups in total. The first kappa shape index (κ1) is 15.1. The molecule has 0 radical (unpaired) electrons. The van der Waals surface area contributed by atoms with Crippen LogP contribution in [0, 0.1) is 0 Å². The lowest BCUT2D eigenvalue weighted by molar-refractivity contribution is 0.194. The molecular formula is C13H20ClNO3. The van der Waals surface area contributed by atoms with E-state index >= 15 is 0 Å². The third-order valence-electron chi connectivity index (χ3n) is 2.52. The van der Waals surface area contributed by atoms with Crippen LogP contribution in [0.4, 0.5) is 0 Å². The summed E-state index contributed by atoms with van der Waals surface area (Å²) in [5.74, 6) is 1.22. The van der Waals surface area contributed by atoms with E-state index in [1.807, 2.05) is 12.1 Å². The van der Waals surface area contributed by atoms with Crippen LogP contribution < -0.4 is 14.8 Å². The number of ether oxygens (including phenoxy) is 3. The van der Waals surface area contributed by atoms with Crippen molar-refractivity contribution in [3.63, 3.8) is 0 Å². The Morgan fingerprint density at radius 1 is 1.17 bits per heavy atom. The summed E-state index contributed by atoms with van der Waals surface area (Å²) < 4.78 is 15.4. The number of halogens is 1. The van der Waals surface area contributed by atoms with Gasteiger partial charge in [-0.1, -0.05) is 11.6 Å². The van der Waals surface area contributed by atoms with E-state index < -0.39 is 0 Å². The number of hydrogen-bond donors (Lipinski definition) is 1. The predicted octanol–water partition coefficient (Wildman–Crippen LogP) is 2.48. The molecule has 0 aliphatic carbocycles. The monoisotopic (exact) mass is 273 g/mol. The smallest absolute Gasteiger partial charge is 0.179 e. The van der Waals surface area contributed by atoms with Gasteiger partial charge in [0.1, 0.15) is 0 Å². The van der Waals surface area contributed by atoms with Crippen molar-refractivity contribution in [2.24, 2.45) is 0 Å². The number of benzene rings is 1. The van der Waals surface area contributed by atoms with Crippen molar-refractivity contribution in [2.75, 3.05) is 34.5 Å². The zero-order valence-electron chi connectivity index (χ0n) is 11.1. The van der Waals surface area contributed by atoms with Gasteiger partial charge in [-0.05, 0) is 30.7 Å². The molecule has 0 unspecified atom stereocenters. The highest BCUT2D eigenvalue weighted by atomic mass is 35.5. The van der Waals surface area contributed by atoms with Crippen LogP contribution in [-0.4, -0.2) is 34.5 Å². The molecule has 1 rings (SSSR count). The topological polar surface area (TPSA) is 39.7 Å². The first-order valence-electron chi connectivity index (χ1n) is 5.83. The fourth-order valence-electron chi connectivity index (χ4n) is 1.65. The fourth-order valence-corrected chi connectivity index (χ4v) is 1.96. The van der Waals surface area contributed by atoms with Gasteiger partial charge in [-0.3, -0.25) is 0 Å². The van der Waals surface area contributed by atoms with E-state index in [0.717, 1.165) is 31.7 Å². The van der Waals surface area contributed by atoms with Gasteiger partial charge < -0.3 is 19.5 Å². The molecule has 0 saturated carbocycles. The van der Waals surface area contributed by atoms with Crippen molar-refractivity contribution in [3.05, 3.63) is 22.7 Å². The molecule has 102 valence electrons. The van der Waals surface area contributed by atoms with Crippen LogP contribution in [0.15, 0.2) is 12.1 Å². The average molecular weight is 274 g/mol. The molecule has 0 amide bonds. The van der Waals surface area contributed by atoms with Gasteiger partial charge in [0.2, 0.25) is 0 Å². The lowest BCUT2D eigenvalue weighted by Crippen LogP contribution is -2.16. The fraction of sp³-hybridized carbons (Fsp3) is 0.538. The normalized spacial score (nSPS) is 10.4. The van der Waals surface area contributed by atoms with Gasteiger partial charge in [-0.15, -0.1) is 0 Å². The second-order valence-corrected chi connectivity index (χ2v) is 4.24. The van der Waals surface area contributed by atoms with Gasteiger partial charge >= 0.3 is 0 Å². The largest absolute Gasteiger partial charge is 0.493 e. The maximum atomic E-state index is 6.12. The molecule has 5 heteroatoms. The second-order valence-electron chi connectivity index (χ2n) is 3.84. The van der Waals surface area contributed by atoms with Crippen molar-refractivity contribution in [2.45, 2.75) is 13.0 Å². The summed E-state index contributed by atoms with van der Waals surface area (Å²) in [4.78, 5) is 0. The molecule has 1 aromatic rings. The number of methoxy groups -OCH3 is 3. The van der Waals surface area contributed by atoms with Crippen molar-refractivity contribution < 1.29 is 14.2 Å². The number of hydrogen-bond acceptors (Lipinski definition) is 4. The van der Waals surface area contributed by atoms with Gasteiger partial charge in [0.05, 0.1) is 19.2 Å². The molecule has 0 atom stereocenters. The maximum absolute atomic E-state index is 6.12. The van der Waals surface area contributed by atoms with Crippen molar-refractivity contribution in [1.29, 1.82) is 0 Å². The average Bonchev–Trinajstić information content (AvgIpc) is 2.37. The van der Waals surface area contributed by atoms with Crippen LogP contribution in [-0.2, 0) is 11.3 Å². The quantitative estimate of drug-likeness (QED) is 0.739. The lowest BCUT2D eigenvalue weighted by Gasteiger charge is -2.12. The van der Waals surface area contributed by atoms with Crippen LogP contribution >= 0.6 is 11.6 Å². The Labute approximate surface area is 113 Å². The zero-order valence-corrected chi connectivity index (χ0v) is 11.8. The molecule has 0 bridgehead atoms. The van der Waals surface area contributed by atoms with E-state index in [-0.39, 0.29) is 0 Å². The molecule has 1 aromatic carbocycles. The summed E-state index contributed by atoms with van der Waals surface area (Å²) in [7, 11) is 4.88. The Hall–Kier alpha value is -0.970. The molecule has 0 aromatic heterocycles. The summed E-state index contributed by atoms with van der Waals surface area (Å²) in [6.45, 7) is 2.41. The minimum atomic E-state index is 0.561. The van der Waals surface area contributed by atoms with E-state index in [4.69, 9.17) is 25.8 Å². The Bertz CT molecular complexity index is 371. The Morgan fingerprint density at radius 2 is 1.94 bits per heavy atom. The molecule has 0 heterocycles. The number of nitrogens with one attached hydrogen (secondary N) is 1. The summed E-state index contributed by atoms with van der Waals surface area (Å²) in [5, 5.41) is 3.88. The molecule has 0 fully saturated rings. The minimum Gasteiger partial charge on any atom is -0.493 e. The summed E-state index contributed by atoms with van der Waals surface area (Å²) >= 11 is 6.12. The van der Waals surface area contributed by atoms with Crippen molar-refractivity contribution >= 4 is 11.6 Å². The zero-order chi connectivity index (χ0) is 13.4. The van der Waals surface area contributed by atoms with Crippen LogP contribution in [0.5, 0.6) is 11.5 Å². The van der Waals surface area contributed by atoms with E-state index in [0.29, 0.717) is 16.5 Å².